The molecule has 0 spiro atoms. The fourth-order valence-corrected chi connectivity index (χ4v) is 2.67. The minimum absolute atomic E-state index is 0.357. The molecule has 0 radical (unpaired) electrons. The molecule has 0 aliphatic carbocycles. The lowest BCUT2D eigenvalue weighted by atomic mass is 10.0. The van der Waals surface area contributed by atoms with E-state index in [9.17, 15) is 9.59 Å². The third kappa shape index (κ3) is 3.10. The maximum absolute atomic E-state index is 12.8. The van der Waals surface area contributed by atoms with Gasteiger partial charge in [-0.2, -0.15) is 0 Å². The van der Waals surface area contributed by atoms with E-state index >= 15 is 0 Å². The highest BCUT2D eigenvalue weighted by molar-refractivity contribution is 6.07. The van der Waals surface area contributed by atoms with Gasteiger partial charge in [-0.05, 0) is 24.6 Å². The van der Waals surface area contributed by atoms with Crippen molar-refractivity contribution in [3.63, 3.8) is 0 Å². The molecule has 2 amide bonds. The Hall–Kier alpha value is -3.21. The SMILES string of the molecule is Cc1cc(C(=O)NC(C(N)=O)c2ccccc2)c2ccccc2n1. The number of nitrogens with two attached hydrogens (primary N) is 1. The molecule has 0 aliphatic heterocycles. The number of carbonyl (C=O) groups is 2. The molecule has 0 saturated carbocycles. The number of primary amides is 1. The van der Waals surface area contributed by atoms with Gasteiger partial charge in [0.15, 0.2) is 0 Å². The van der Waals surface area contributed by atoms with Crippen LogP contribution in [0.25, 0.3) is 10.9 Å². The molecule has 1 aromatic heterocycles. The van der Waals surface area contributed by atoms with Gasteiger partial charge in [-0.3, -0.25) is 14.6 Å². The van der Waals surface area contributed by atoms with Crippen LogP contribution in [-0.4, -0.2) is 16.8 Å². The standard InChI is InChI=1S/C19H17N3O2/c1-12-11-15(14-9-5-6-10-16(14)21-12)19(24)22-17(18(20)23)13-7-3-2-4-8-13/h2-11,17H,1H3,(H2,20,23)(H,22,24). The van der Waals surface area contributed by atoms with Gasteiger partial charge >= 0.3 is 0 Å². The first-order chi connectivity index (χ1) is 11.6. The summed E-state index contributed by atoms with van der Waals surface area (Å²) in [5.74, 6) is -0.964. The first-order valence-corrected chi connectivity index (χ1v) is 7.58. The van der Waals surface area contributed by atoms with Crippen molar-refractivity contribution in [2.24, 2.45) is 5.73 Å². The summed E-state index contributed by atoms with van der Waals surface area (Å²) in [4.78, 5) is 29.0. The summed E-state index contributed by atoms with van der Waals surface area (Å²) in [5, 5.41) is 3.46. The molecule has 120 valence electrons. The Balaban J connectivity index is 1.99. The normalized spacial score (nSPS) is 11.9. The van der Waals surface area contributed by atoms with Crippen LogP contribution in [-0.2, 0) is 4.79 Å². The van der Waals surface area contributed by atoms with Crippen molar-refractivity contribution in [2.45, 2.75) is 13.0 Å². The van der Waals surface area contributed by atoms with Crippen molar-refractivity contribution in [3.05, 3.63) is 77.5 Å². The van der Waals surface area contributed by atoms with Gasteiger partial charge in [0.05, 0.1) is 11.1 Å². The first kappa shape index (κ1) is 15.7. The van der Waals surface area contributed by atoms with Crippen LogP contribution in [0.2, 0.25) is 0 Å². The number of carbonyl (C=O) groups excluding carboxylic acids is 2. The van der Waals surface area contributed by atoms with Crippen LogP contribution in [0.1, 0.15) is 27.7 Å². The fourth-order valence-electron chi connectivity index (χ4n) is 2.67. The van der Waals surface area contributed by atoms with Crippen LogP contribution < -0.4 is 11.1 Å². The maximum Gasteiger partial charge on any atom is 0.252 e. The van der Waals surface area contributed by atoms with Gasteiger partial charge in [0.1, 0.15) is 6.04 Å². The van der Waals surface area contributed by atoms with Crippen LogP contribution in [0.5, 0.6) is 0 Å². The predicted molar refractivity (Wildman–Crippen MR) is 92.3 cm³/mol. The Morgan fingerprint density at radius 3 is 2.42 bits per heavy atom. The van der Waals surface area contributed by atoms with Crippen LogP contribution in [0.15, 0.2) is 60.7 Å². The molecule has 24 heavy (non-hydrogen) atoms. The summed E-state index contributed by atoms with van der Waals surface area (Å²) < 4.78 is 0. The van der Waals surface area contributed by atoms with E-state index in [-0.39, 0.29) is 5.91 Å². The molecular weight excluding hydrogens is 302 g/mol. The second-order valence-corrected chi connectivity index (χ2v) is 5.55. The predicted octanol–water partition coefficient (Wildman–Crippen LogP) is 2.50. The lowest BCUT2D eigenvalue weighted by Gasteiger charge is -2.17. The molecular formula is C19H17N3O2. The molecule has 0 aliphatic rings. The Labute approximate surface area is 139 Å². The van der Waals surface area contributed by atoms with E-state index in [4.69, 9.17) is 5.73 Å². The number of pyridine rings is 1. The number of aromatic nitrogens is 1. The Bertz CT molecular complexity index is 907. The van der Waals surface area contributed by atoms with Gasteiger partial charge < -0.3 is 11.1 Å². The summed E-state index contributed by atoms with van der Waals surface area (Å²) >= 11 is 0. The number of benzene rings is 2. The van der Waals surface area contributed by atoms with Gasteiger partial charge in [-0.1, -0.05) is 48.5 Å². The topological polar surface area (TPSA) is 85.1 Å². The summed E-state index contributed by atoms with van der Waals surface area (Å²) in [6.07, 6.45) is 0. The van der Waals surface area contributed by atoms with Crippen LogP contribution >= 0.6 is 0 Å². The van der Waals surface area contributed by atoms with Crippen molar-refractivity contribution in [1.29, 1.82) is 0 Å². The molecule has 1 unspecified atom stereocenters. The molecule has 1 heterocycles. The summed E-state index contributed by atoms with van der Waals surface area (Å²) in [6.45, 7) is 1.83. The first-order valence-electron chi connectivity index (χ1n) is 7.58. The Morgan fingerprint density at radius 2 is 1.71 bits per heavy atom. The highest BCUT2D eigenvalue weighted by atomic mass is 16.2. The second-order valence-electron chi connectivity index (χ2n) is 5.55. The average molecular weight is 319 g/mol. The van der Waals surface area contributed by atoms with Crippen LogP contribution in [0.4, 0.5) is 0 Å². The minimum Gasteiger partial charge on any atom is -0.368 e. The van der Waals surface area contributed by atoms with Crippen molar-refractivity contribution >= 4 is 22.7 Å². The molecule has 0 saturated heterocycles. The third-order valence-electron chi connectivity index (χ3n) is 3.78. The molecule has 2 aromatic carbocycles. The maximum atomic E-state index is 12.8. The van der Waals surface area contributed by atoms with E-state index in [2.05, 4.69) is 10.3 Å². The number of hydrogen-bond donors (Lipinski definition) is 2. The number of rotatable bonds is 4. The smallest absolute Gasteiger partial charge is 0.252 e. The molecule has 1 atom stereocenters. The van der Waals surface area contributed by atoms with Crippen LogP contribution in [0, 0.1) is 6.92 Å². The second kappa shape index (κ2) is 6.50. The zero-order chi connectivity index (χ0) is 17.1. The molecule has 3 rings (SSSR count). The minimum atomic E-state index is -0.883. The molecule has 3 N–H and O–H groups in total. The van der Waals surface area contributed by atoms with Gasteiger partial charge in [-0.25, -0.2) is 0 Å². The monoisotopic (exact) mass is 319 g/mol. The largest absolute Gasteiger partial charge is 0.368 e. The van der Waals surface area contributed by atoms with Gasteiger partial charge in [0, 0.05) is 11.1 Å². The van der Waals surface area contributed by atoms with E-state index in [1.807, 2.05) is 37.3 Å². The van der Waals surface area contributed by atoms with Crippen molar-refractivity contribution in [2.75, 3.05) is 0 Å². The lowest BCUT2D eigenvalue weighted by molar-refractivity contribution is -0.120. The van der Waals surface area contributed by atoms with Crippen molar-refractivity contribution in [1.82, 2.24) is 10.3 Å². The number of amides is 2. The molecule has 0 bridgehead atoms. The highest BCUT2D eigenvalue weighted by Crippen LogP contribution is 2.20. The quantitative estimate of drug-likeness (QED) is 0.775. The number of nitrogens with one attached hydrogen (secondary N) is 1. The zero-order valence-corrected chi connectivity index (χ0v) is 13.2. The number of hydrogen-bond acceptors (Lipinski definition) is 3. The van der Waals surface area contributed by atoms with E-state index in [0.29, 0.717) is 11.1 Å². The summed E-state index contributed by atoms with van der Waals surface area (Å²) in [5.41, 5.74) is 8.06. The van der Waals surface area contributed by atoms with E-state index < -0.39 is 11.9 Å². The zero-order valence-electron chi connectivity index (χ0n) is 13.2. The van der Waals surface area contributed by atoms with Gasteiger partial charge in [0.25, 0.3) is 5.91 Å². The molecule has 5 nitrogen and oxygen atoms in total. The van der Waals surface area contributed by atoms with Crippen molar-refractivity contribution < 1.29 is 9.59 Å². The number of para-hydroxylation sites is 1. The molecule has 0 fully saturated rings. The lowest BCUT2D eigenvalue weighted by Crippen LogP contribution is -2.37. The van der Waals surface area contributed by atoms with Gasteiger partial charge in [-0.15, -0.1) is 0 Å². The molecule has 3 aromatic rings. The van der Waals surface area contributed by atoms with Crippen molar-refractivity contribution in [3.8, 4) is 0 Å². The van der Waals surface area contributed by atoms with E-state index in [1.165, 1.54) is 0 Å². The third-order valence-corrected chi connectivity index (χ3v) is 3.78. The van der Waals surface area contributed by atoms with E-state index in [1.54, 1.807) is 30.3 Å². The van der Waals surface area contributed by atoms with E-state index in [0.717, 1.165) is 16.6 Å². The van der Waals surface area contributed by atoms with Crippen LogP contribution in [0.3, 0.4) is 0 Å². The average Bonchev–Trinajstić information content (AvgIpc) is 2.59. The van der Waals surface area contributed by atoms with Gasteiger partial charge in [0.2, 0.25) is 5.91 Å². The highest BCUT2D eigenvalue weighted by Gasteiger charge is 2.22. The summed E-state index contributed by atoms with van der Waals surface area (Å²) in [6, 6.07) is 17.2. The number of nitrogens with zero attached hydrogens (tertiary/aromatic N) is 1. The number of fused-ring (bicyclic) bond motifs is 1. The Kier molecular flexibility index (Phi) is 4.24. The molecule has 5 heteroatoms. The number of aryl methyl sites for hydroxylation is 1. The summed E-state index contributed by atoms with van der Waals surface area (Å²) in [7, 11) is 0. The Morgan fingerprint density at radius 1 is 1.04 bits per heavy atom. The fraction of sp³-hybridized carbons (Fsp3) is 0.105.